The second kappa shape index (κ2) is 6.56. The molecule has 1 rings (SSSR count). The summed E-state index contributed by atoms with van der Waals surface area (Å²) >= 11 is 5.77. The third-order valence-corrected chi connectivity index (χ3v) is 8.91. The normalized spacial score (nSPS) is 14.4. The summed E-state index contributed by atoms with van der Waals surface area (Å²) in [5, 5.41) is 0.279. The van der Waals surface area contributed by atoms with Gasteiger partial charge in [-0.2, -0.15) is 0 Å². The molecule has 1 atom stereocenters. The van der Waals surface area contributed by atoms with Crippen molar-refractivity contribution in [1.82, 2.24) is 0 Å². The van der Waals surface area contributed by atoms with Crippen molar-refractivity contribution in [2.45, 2.75) is 51.4 Å². The first-order valence-electron chi connectivity index (χ1n) is 6.90. The van der Waals surface area contributed by atoms with E-state index in [9.17, 15) is 4.39 Å². The van der Waals surface area contributed by atoms with Gasteiger partial charge in [-0.05, 0) is 30.6 Å². The topological polar surface area (TPSA) is 35.2 Å². The molecule has 0 saturated heterocycles. The van der Waals surface area contributed by atoms with Crippen molar-refractivity contribution in [2.75, 3.05) is 6.61 Å². The monoisotopic (exact) mass is 317 g/mol. The van der Waals surface area contributed by atoms with Crippen LogP contribution in [0.15, 0.2) is 18.2 Å². The van der Waals surface area contributed by atoms with Gasteiger partial charge >= 0.3 is 0 Å². The molecule has 0 aromatic heterocycles. The molecule has 0 bridgehead atoms. The summed E-state index contributed by atoms with van der Waals surface area (Å²) in [6, 6.07) is 4.53. The van der Waals surface area contributed by atoms with Crippen LogP contribution in [0.2, 0.25) is 23.2 Å². The quantitative estimate of drug-likeness (QED) is 0.785. The molecular weight excluding hydrogens is 293 g/mol. The maximum absolute atomic E-state index is 13.9. The van der Waals surface area contributed by atoms with E-state index in [-0.39, 0.29) is 10.1 Å². The molecule has 0 heterocycles. The van der Waals surface area contributed by atoms with Gasteiger partial charge < -0.3 is 10.2 Å². The average Bonchev–Trinajstić information content (AvgIpc) is 2.30. The Labute approximate surface area is 127 Å². The van der Waals surface area contributed by atoms with Crippen LogP contribution < -0.4 is 5.73 Å². The molecule has 0 unspecified atom stereocenters. The molecule has 1 aromatic carbocycles. The van der Waals surface area contributed by atoms with Crippen molar-refractivity contribution < 1.29 is 8.82 Å². The number of rotatable bonds is 5. The summed E-state index contributed by atoms with van der Waals surface area (Å²) in [6.07, 6.45) is 0.587. The van der Waals surface area contributed by atoms with Crippen LogP contribution in [0.3, 0.4) is 0 Å². The molecule has 0 radical (unpaired) electrons. The van der Waals surface area contributed by atoms with Gasteiger partial charge in [0.05, 0.1) is 5.02 Å². The summed E-state index contributed by atoms with van der Waals surface area (Å²) in [5.41, 5.74) is 6.49. The van der Waals surface area contributed by atoms with Crippen LogP contribution in [0.1, 0.15) is 38.8 Å². The molecule has 0 aliphatic heterocycles. The van der Waals surface area contributed by atoms with Crippen molar-refractivity contribution in [2.24, 2.45) is 5.73 Å². The zero-order valence-corrected chi connectivity index (χ0v) is 14.7. The lowest BCUT2D eigenvalue weighted by molar-refractivity contribution is 0.271. The zero-order valence-electron chi connectivity index (χ0n) is 13.0. The fourth-order valence-corrected chi connectivity index (χ4v) is 2.86. The Bertz CT molecular complexity index is 460. The lowest BCUT2D eigenvalue weighted by Crippen LogP contribution is -2.41. The lowest BCUT2D eigenvalue weighted by atomic mass is 10.0. The van der Waals surface area contributed by atoms with E-state index in [2.05, 4.69) is 33.9 Å². The summed E-state index contributed by atoms with van der Waals surface area (Å²) < 4.78 is 19.9. The molecule has 0 fully saturated rings. The third kappa shape index (κ3) is 4.28. The fourth-order valence-electron chi connectivity index (χ4n) is 1.62. The van der Waals surface area contributed by atoms with E-state index in [1.807, 2.05) is 0 Å². The SMILES string of the molecule is CC(C)(C)[Si](C)(C)OCC[C@H](N)c1cccc(Cl)c1F. The fraction of sp³-hybridized carbons (Fsp3) is 0.600. The van der Waals surface area contributed by atoms with Crippen LogP contribution in [-0.4, -0.2) is 14.9 Å². The Kier molecular flexibility index (Phi) is 5.78. The van der Waals surface area contributed by atoms with E-state index in [0.717, 1.165) is 0 Å². The second-order valence-corrected chi connectivity index (χ2v) is 11.9. The number of hydrogen-bond donors (Lipinski definition) is 1. The summed E-state index contributed by atoms with van der Waals surface area (Å²) in [6.45, 7) is 11.5. The summed E-state index contributed by atoms with van der Waals surface area (Å²) in [5.74, 6) is -0.422. The predicted molar refractivity (Wildman–Crippen MR) is 86.1 cm³/mol. The molecule has 2 N–H and O–H groups in total. The molecule has 20 heavy (non-hydrogen) atoms. The van der Waals surface area contributed by atoms with Gasteiger partial charge in [0, 0.05) is 18.2 Å². The number of benzene rings is 1. The molecule has 0 saturated carbocycles. The molecule has 2 nitrogen and oxygen atoms in total. The highest BCUT2D eigenvalue weighted by Gasteiger charge is 2.37. The second-order valence-electron chi connectivity index (χ2n) is 6.65. The predicted octanol–water partition coefficient (Wildman–Crippen LogP) is 4.89. The molecular formula is C15H25ClFNOSi. The lowest BCUT2D eigenvalue weighted by Gasteiger charge is -2.36. The van der Waals surface area contributed by atoms with Crippen molar-refractivity contribution in [3.8, 4) is 0 Å². The van der Waals surface area contributed by atoms with Crippen molar-refractivity contribution >= 4 is 19.9 Å². The van der Waals surface area contributed by atoms with Crippen molar-refractivity contribution in [3.05, 3.63) is 34.6 Å². The number of nitrogens with two attached hydrogens (primary N) is 1. The van der Waals surface area contributed by atoms with E-state index in [4.69, 9.17) is 21.8 Å². The van der Waals surface area contributed by atoms with E-state index in [0.29, 0.717) is 18.6 Å². The molecule has 0 spiro atoms. The van der Waals surface area contributed by atoms with Crippen molar-refractivity contribution in [1.29, 1.82) is 0 Å². The zero-order chi connectivity index (χ0) is 15.6. The van der Waals surface area contributed by atoms with E-state index >= 15 is 0 Å². The standard InChI is InChI=1S/C15H25ClFNOSi/c1-15(2,3)20(4,5)19-10-9-13(18)11-7-6-8-12(16)14(11)17/h6-8,13H,9-10,18H2,1-5H3/t13-/m0/s1. The smallest absolute Gasteiger partial charge is 0.191 e. The van der Waals surface area contributed by atoms with Crippen LogP contribution in [0.5, 0.6) is 0 Å². The van der Waals surface area contributed by atoms with Crippen LogP contribution in [-0.2, 0) is 4.43 Å². The first kappa shape index (κ1) is 17.6. The molecule has 114 valence electrons. The van der Waals surface area contributed by atoms with Gasteiger partial charge in [0.1, 0.15) is 5.82 Å². The third-order valence-electron chi connectivity index (χ3n) is 4.08. The molecule has 0 aliphatic rings. The maximum Gasteiger partial charge on any atom is 0.191 e. The maximum atomic E-state index is 13.9. The van der Waals surface area contributed by atoms with Gasteiger partial charge in [0.2, 0.25) is 0 Å². The Morgan fingerprint density at radius 2 is 1.95 bits per heavy atom. The van der Waals surface area contributed by atoms with Crippen molar-refractivity contribution in [3.63, 3.8) is 0 Å². The van der Waals surface area contributed by atoms with Gasteiger partial charge in [-0.1, -0.05) is 44.5 Å². The minimum atomic E-state index is -1.77. The van der Waals surface area contributed by atoms with Gasteiger partial charge in [-0.15, -0.1) is 0 Å². The van der Waals surface area contributed by atoms with Crippen LogP contribution in [0.4, 0.5) is 4.39 Å². The van der Waals surface area contributed by atoms with E-state index < -0.39 is 20.2 Å². The Hall–Kier alpha value is -0.423. The summed E-state index contributed by atoms with van der Waals surface area (Å²) in [7, 11) is -1.77. The number of hydrogen-bond acceptors (Lipinski definition) is 2. The van der Waals surface area contributed by atoms with Crippen LogP contribution >= 0.6 is 11.6 Å². The van der Waals surface area contributed by atoms with E-state index in [1.54, 1.807) is 12.1 Å². The Morgan fingerprint density at radius 3 is 2.50 bits per heavy atom. The summed E-state index contributed by atoms with van der Waals surface area (Å²) in [4.78, 5) is 0. The first-order chi connectivity index (χ1) is 9.06. The van der Waals surface area contributed by atoms with Gasteiger partial charge in [0.25, 0.3) is 0 Å². The largest absolute Gasteiger partial charge is 0.417 e. The highest BCUT2D eigenvalue weighted by Crippen LogP contribution is 2.36. The first-order valence-corrected chi connectivity index (χ1v) is 10.2. The number of halogens is 2. The molecule has 0 amide bonds. The minimum absolute atomic E-state index is 0.114. The molecule has 1 aromatic rings. The molecule has 0 aliphatic carbocycles. The van der Waals surface area contributed by atoms with Crippen LogP contribution in [0, 0.1) is 5.82 Å². The highest BCUT2D eigenvalue weighted by molar-refractivity contribution is 6.74. The van der Waals surface area contributed by atoms with Gasteiger partial charge in [-0.3, -0.25) is 0 Å². The van der Waals surface area contributed by atoms with E-state index in [1.165, 1.54) is 6.07 Å². The Morgan fingerprint density at radius 1 is 1.35 bits per heavy atom. The Balaban J connectivity index is 2.61. The molecule has 5 heteroatoms. The highest BCUT2D eigenvalue weighted by atomic mass is 35.5. The van der Waals surface area contributed by atoms with Crippen LogP contribution in [0.25, 0.3) is 0 Å². The minimum Gasteiger partial charge on any atom is -0.417 e. The average molecular weight is 318 g/mol. The van der Waals surface area contributed by atoms with Gasteiger partial charge in [0.15, 0.2) is 8.32 Å². The van der Waals surface area contributed by atoms with Gasteiger partial charge in [-0.25, -0.2) is 4.39 Å².